The molecule has 2 rings (SSSR count). The van der Waals surface area contributed by atoms with Crippen LogP contribution in [0.3, 0.4) is 0 Å². The molecule has 1 N–H and O–H groups in total. The van der Waals surface area contributed by atoms with E-state index in [1.54, 1.807) is 0 Å². The number of hydrogen-bond donors (Lipinski definition) is 1. The maximum atomic E-state index is 7.96. The third kappa shape index (κ3) is 1.69. The molecular weight excluding hydrogens is 158 g/mol. The topological polar surface area (TPSA) is 23.9 Å². The normalized spacial score (nSPS) is 15.5. The minimum atomic E-state index is 0.707. The molecule has 1 nitrogen and oxygen atoms in total. The van der Waals surface area contributed by atoms with Gasteiger partial charge < -0.3 is 0 Å². The van der Waals surface area contributed by atoms with Crippen LogP contribution in [0, 0.1) is 5.41 Å². The molecule has 66 valence electrons. The SMILES string of the molecule is N=C(C1=CCCC1)c1ccccc1. The second-order valence-electron chi connectivity index (χ2n) is 3.36. The molecule has 0 spiro atoms. The van der Waals surface area contributed by atoms with Crippen LogP contribution in [-0.2, 0) is 0 Å². The van der Waals surface area contributed by atoms with Crippen molar-refractivity contribution >= 4 is 5.71 Å². The van der Waals surface area contributed by atoms with Gasteiger partial charge in [-0.15, -0.1) is 0 Å². The average molecular weight is 171 g/mol. The van der Waals surface area contributed by atoms with Crippen molar-refractivity contribution in [3.63, 3.8) is 0 Å². The van der Waals surface area contributed by atoms with Crippen molar-refractivity contribution in [1.82, 2.24) is 0 Å². The summed E-state index contributed by atoms with van der Waals surface area (Å²) in [4.78, 5) is 0. The standard InChI is InChI=1S/C12H13N/c13-12(11-8-4-5-9-11)10-6-2-1-3-7-10/h1-3,6-8,13H,4-5,9H2. The number of rotatable bonds is 2. The fraction of sp³-hybridized carbons (Fsp3) is 0.250. The minimum absolute atomic E-state index is 0.707. The Balaban J connectivity index is 2.23. The Bertz CT molecular complexity index is 335. The fourth-order valence-corrected chi connectivity index (χ4v) is 1.69. The summed E-state index contributed by atoms with van der Waals surface area (Å²) in [6.07, 6.45) is 5.62. The molecule has 1 heteroatoms. The first-order valence-electron chi connectivity index (χ1n) is 4.71. The van der Waals surface area contributed by atoms with E-state index in [2.05, 4.69) is 6.08 Å². The Morgan fingerprint density at radius 1 is 1.15 bits per heavy atom. The lowest BCUT2D eigenvalue weighted by Gasteiger charge is -2.03. The van der Waals surface area contributed by atoms with Crippen LogP contribution >= 0.6 is 0 Å². The van der Waals surface area contributed by atoms with Gasteiger partial charge in [0.15, 0.2) is 0 Å². The maximum absolute atomic E-state index is 7.96. The number of nitrogens with one attached hydrogen (secondary N) is 1. The van der Waals surface area contributed by atoms with Crippen LogP contribution in [0.5, 0.6) is 0 Å². The monoisotopic (exact) mass is 171 g/mol. The van der Waals surface area contributed by atoms with Gasteiger partial charge in [-0.2, -0.15) is 0 Å². The highest BCUT2D eigenvalue weighted by atomic mass is 14.4. The largest absolute Gasteiger partial charge is 0.300 e. The molecule has 0 aliphatic heterocycles. The molecule has 1 aromatic rings. The van der Waals surface area contributed by atoms with Gasteiger partial charge in [0.1, 0.15) is 0 Å². The van der Waals surface area contributed by atoms with E-state index in [0.29, 0.717) is 5.71 Å². The van der Waals surface area contributed by atoms with Crippen molar-refractivity contribution in [2.24, 2.45) is 0 Å². The van der Waals surface area contributed by atoms with E-state index in [9.17, 15) is 0 Å². The quantitative estimate of drug-likeness (QED) is 0.661. The van der Waals surface area contributed by atoms with Crippen molar-refractivity contribution in [1.29, 1.82) is 5.41 Å². The molecule has 0 unspecified atom stereocenters. The average Bonchev–Trinajstić information content (AvgIpc) is 2.71. The number of allylic oxidation sites excluding steroid dienone is 2. The molecule has 0 fully saturated rings. The van der Waals surface area contributed by atoms with Crippen molar-refractivity contribution < 1.29 is 0 Å². The molecular formula is C12H13N. The van der Waals surface area contributed by atoms with Crippen LogP contribution in [0.15, 0.2) is 42.0 Å². The first-order chi connectivity index (χ1) is 6.38. The van der Waals surface area contributed by atoms with Gasteiger partial charge in [0, 0.05) is 0 Å². The molecule has 0 bridgehead atoms. The van der Waals surface area contributed by atoms with Gasteiger partial charge in [-0.25, -0.2) is 0 Å². The van der Waals surface area contributed by atoms with Gasteiger partial charge in [-0.3, -0.25) is 5.41 Å². The molecule has 0 aromatic heterocycles. The lowest BCUT2D eigenvalue weighted by atomic mass is 10.0. The predicted octanol–water partition coefficient (Wildman–Crippen LogP) is 3.16. The lowest BCUT2D eigenvalue weighted by molar-refractivity contribution is 0.919. The van der Waals surface area contributed by atoms with Gasteiger partial charge >= 0.3 is 0 Å². The summed E-state index contributed by atoms with van der Waals surface area (Å²) in [5.74, 6) is 0. The van der Waals surface area contributed by atoms with Crippen molar-refractivity contribution in [3.05, 3.63) is 47.5 Å². The van der Waals surface area contributed by atoms with E-state index < -0.39 is 0 Å². The smallest absolute Gasteiger partial charge is 0.0640 e. The van der Waals surface area contributed by atoms with Crippen LogP contribution in [-0.4, -0.2) is 5.71 Å². The first-order valence-corrected chi connectivity index (χ1v) is 4.71. The van der Waals surface area contributed by atoms with Gasteiger partial charge in [-0.05, 0) is 30.4 Å². The molecule has 0 atom stereocenters. The van der Waals surface area contributed by atoms with E-state index in [1.165, 1.54) is 12.0 Å². The van der Waals surface area contributed by atoms with E-state index in [-0.39, 0.29) is 0 Å². The molecule has 1 aliphatic carbocycles. The summed E-state index contributed by atoms with van der Waals surface area (Å²) in [6.45, 7) is 0. The molecule has 0 amide bonds. The third-order valence-corrected chi connectivity index (χ3v) is 2.42. The molecule has 0 radical (unpaired) electrons. The second kappa shape index (κ2) is 3.56. The van der Waals surface area contributed by atoms with Crippen LogP contribution in [0.4, 0.5) is 0 Å². The van der Waals surface area contributed by atoms with E-state index in [1.807, 2.05) is 30.3 Å². The summed E-state index contributed by atoms with van der Waals surface area (Å²) in [5, 5.41) is 7.96. The van der Waals surface area contributed by atoms with Gasteiger partial charge in [0.25, 0.3) is 0 Å². The van der Waals surface area contributed by atoms with E-state index in [4.69, 9.17) is 5.41 Å². The Morgan fingerprint density at radius 2 is 1.92 bits per heavy atom. The highest BCUT2D eigenvalue weighted by Crippen LogP contribution is 2.21. The van der Waals surface area contributed by atoms with Crippen LogP contribution in [0.25, 0.3) is 0 Å². The van der Waals surface area contributed by atoms with E-state index in [0.717, 1.165) is 18.4 Å². The van der Waals surface area contributed by atoms with Crippen molar-refractivity contribution in [3.8, 4) is 0 Å². The Hall–Kier alpha value is -1.37. The minimum Gasteiger partial charge on any atom is -0.300 e. The zero-order chi connectivity index (χ0) is 9.10. The van der Waals surface area contributed by atoms with Gasteiger partial charge in [0.05, 0.1) is 5.71 Å². The molecule has 1 aromatic carbocycles. The summed E-state index contributed by atoms with van der Waals surface area (Å²) < 4.78 is 0. The van der Waals surface area contributed by atoms with E-state index >= 15 is 0 Å². The zero-order valence-corrected chi connectivity index (χ0v) is 7.59. The summed E-state index contributed by atoms with van der Waals surface area (Å²) in [5.41, 5.74) is 2.96. The summed E-state index contributed by atoms with van der Waals surface area (Å²) >= 11 is 0. The third-order valence-electron chi connectivity index (χ3n) is 2.42. The van der Waals surface area contributed by atoms with Crippen LogP contribution in [0.1, 0.15) is 24.8 Å². The lowest BCUT2D eigenvalue weighted by Crippen LogP contribution is -2.00. The van der Waals surface area contributed by atoms with Crippen molar-refractivity contribution in [2.75, 3.05) is 0 Å². The summed E-state index contributed by atoms with van der Waals surface area (Å²) in [7, 11) is 0. The van der Waals surface area contributed by atoms with Crippen LogP contribution in [0.2, 0.25) is 0 Å². The van der Waals surface area contributed by atoms with Gasteiger partial charge in [0.2, 0.25) is 0 Å². The first kappa shape index (κ1) is 8.24. The molecule has 0 saturated heterocycles. The molecule has 0 saturated carbocycles. The fourth-order valence-electron chi connectivity index (χ4n) is 1.69. The highest BCUT2D eigenvalue weighted by molar-refractivity contribution is 6.10. The van der Waals surface area contributed by atoms with Gasteiger partial charge in [-0.1, -0.05) is 36.4 Å². The molecule has 0 heterocycles. The highest BCUT2D eigenvalue weighted by Gasteiger charge is 2.10. The maximum Gasteiger partial charge on any atom is 0.0640 e. The Morgan fingerprint density at radius 3 is 2.54 bits per heavy atom. The predicted molar refractivity (Wildman–Crippen MR) is 55.2 cm³/mol. The van der Waals surface area contributed by atoms with Crippen molar-refractivity contribution in [2.45, 2.75) is 19.3 Å². The Kier molecular flexibility index (Phi) is 2.26. The van der Waals surface area contributed by atoms with Crippen LogP contribution < -0.4 is 0 Å². The second-order valence-corrected chi connectivity index (χ2v) is 3.36. The number of hydrogen-bond acceptors (Lipinski definition) is 1. The number of benzene rings is 1. The zero-order valence-electron chi connectivity index (χ0n) is 7.59. The summed E-state index contributed by atoms with van der Waals surface area (Å²) in [6, 6.07) is 9.96. The Labute approximate surface area is 78.6 Å². The molecule has 1 aliphatic rings. The molecule has 13 heavy (non-hydrogen) atoms.